The molecule has 4 N–H and O–H groups in total. The summed E-state index contributed by atoms with van der Waals surface area (Å²) >= 11 is 0. The molecule has 0 aliphatic carbocycles. The molecule has 2 aliphatic rings. The predicted octanol–water partition coefficient (Wildman–Crippen LogP) is 4.09. The van der Waals surface area contributed by atoms with Crippen LogP contribution in [-0.4, -0.2) is 44.5 Å². The van der Waals surface area contributed by atoms with Crippen molar-refractivity contribution < 1.29 is 14.2 Å². The van der Waals surface area contributed by atoms with Crippen LogP contribution in [0.1, 0.15) is 37.8 Å². The number of fused-ring (bicyclic) bond motifs is 1. The molecule has 0 spiro atoms. The number of nitrogens with two attached hydrogens (primary N) is 1. The first-order valence-corrected chi connectivity index (χ1v) is 11.0. The van der Waals surface area contributed by atoms with Crippen LogP contribution in [0.25, 0.3) is 0 Å². The summed E-state index contributed by atoms with van der Waals surface area (Å²) in [5, 5.41) is 7.00. The Hall–Kier alpha value is -2.04. The average Bonchev–Trinajstić information content (AvgIpc) is 3.04. The van der Waals surface area contributed by atoms with Crippen molar-refractivity contribution in [2.75, 3.05) is 38.3 Å². The summed E-state index contributed by atoms with van der Waals surface area (Å²) in [6.45, 7) is 5.53. The van der Waals surface area contributed by atoms with Crippen LogP contribution in [0.3, 0.4) is 0 Å². The number of hydrogen-bond donors (Lipinski definition) is 3. The molecule has 0 bridgehead atoms. The number of nitrogens with one attached hydrogen (secondary N) is 2. The molecule has 2 aliphatic heterocycles. The highest BCUT2D eigenvalue weighted by Crippen LogP contribution is 2.32. The number of halogens is 1. The van der Waals surface area contributed by atoms with Crippen LogP contribution in [0.4, 0.5) is 5.69 Å². The lowest BCUT2D eigenvalue weighted by atomic mass is 9.88. The zero-order valence-electron chi connectivity index (χ0n) is 18.5. The maximum Gasteiger partial charge on any atom is 0.193 e. The van der Waals surface area contributed by atoms with E-state index in [1.807, 2.05) is 24.3 Å². The van der Waals surface area contributed by atoms with E-state index in [0.29, 0.717) is 25.7 Å². The van der Waals surface area contributed by atoms with Gasteiger partial charge in [0.05, 0.1) is 19.8 Å². The van der Waals surface area contributed by atoms with Gasteiger partial charge in [-0.3, -0.25) is 4.99 Å². The normalized spacial score (nSPS) is 18.7. The van der Waals surface area contributed by atoms with Gasteiger partial charge in [0.2, 0.25) is 0 Å². The molecule has 2 aromatic carbocycles. The van der Waals surface area contributed by atoms with Crippen LogP contribution in [-0.2, 0) is 4.74 Å². The fraction of sp³-hybridized carbons (Fsp3) is 0.458. The van der Waals surface area contributed by atoms with E-state index in [2.05, 4.69) is 46.8 Å². The van der Waals surface area contributed by atoms with Gasteiger partial charge in [-0.25, -0.2) is 0 Å². The van der Waals surface area contributed by atoms with Crippen molar-refractivity contribution in [2.24, 2.45) is 10.7 Å². The highest BCUT2D eigenvalue weighted by atomic mass is 127. The molecule has 2 heterocycles. The van der Waals surface area contributed by atoms with E-state index in [4.69, 9.17) is 19.9 Å². The van der Waals surface area contributed by atoms with Gasteiger partial charge in [-0.2, -0.15) is 0 Å². The number of ether oxygens (including phenoxy) is 3. The first-order chi connectivity index (χ1) is 15.1. The van der Waals surface area contributed by atoms with E-state index >= 15 is 0 Å². The number of benzene rings is 2. The topological polar surface area (TPSA) is 90.1 Å². The van der Waals surface area contributed by atoms with Crippen LogP contribution >= 0.6 is 24.0 Å². The lowest BCUT2D eigenvalue weighted by Gasteiger charge is -2.39. The maximum absolute atomic E-state index is 6.24. The minimum Gasteiger partial charge on any atom is -0.490 e. The van der Waals surface area contributed by atoms with Crippen molar-refractivity contribution in [3.8, 4) is 11.5 Å². The smallest absolute Gasteiger partial charge is 0.193 e. The SMILES string of the molecule is CC(NC1(CN=C(N)Nc2ccc3c(c2)OCCCO3)CCOCC1)c1ccccc1.I. The van der Waals surface area contributed by atoms with Crippen LogP contribution in [0.15, 0.2) is 53.5 Å². The van der Waals surface area contributed by atoms with Crippen molar-refractivity contribution in [2.45, 2.75) is 37.8 Å². The Labute approximate surface area is 207 Å². The van der Waals surface area contributed by atoms with Crippen molar-refractivity contribution >= 4 is 35.6 Å². The molecule has 2 aromatic rings. The van der Waals surface area contributed by atoms with Gasteiger partial charge in [0.15, 0.2) is 17.5 Å². The molecule has 0 aromatic heterocycles. The lowest BCUT2D eigenvalue weighted by Crippen LogP contribution is -2.53. The first-order valence-electron chi connectivity index (χ1n) is 11.0. The van der Waals surface area contributed by atoms with Gasteiger partial charge in [0, 0.05) is 43.0 Å². The van der Waals surface area contributed by atoms with E-state index in [1.165, 1.54) is 5.56 Å². The summed E-state index contributed by atoms with van der Waals surface area (Å²) in [6, 6.07) is 16.4. The van der Waals surface area contributed by atoms with Gasteiger partial charge in [0.1, 0.15) is 0 Å². The van der Waals surface area contributed by atoms with Crippen LogP contribution in [0.2, 0.25) is 0 Å². The third-order valence-electron chi connectivity index (χ3n) is 5.84. The largest absolute Gasteiger partial charge is 0.490 e. The summed E-state index contributed by atoms with van der Waals surface area (Å²) in [5.74, 6) is 1.88. The molecule has 1 fully saturated rings. The molecule has 7 nitrogen and oxygen atoms in total. The van der Waals surface area contributed by atoms with E-state index < -0.39 is 0 Å². The van der Waals surface area contributed by atoms with Gasteiger partial charge in [-0.05, 0) is 37.5 Å². The number of guanidine groups is 1. The highest BCUT2D eigenvalue weighted by Gasteiger charge is 2.33. The third kappa shape index (κ3) is 6.49. The summed E-state index contributed by atoms with van der Waals surface area (Å²) in [5.41, 5.74) is 8.18. The average molecular weight is 552 g/mol. The second kappa shape index (κ2) is 11.7. The molecule has 0 saturated carbocycles. The second-order valence-corrected chi connectivity index (χ2v) is 8.21. The highest BCUT2D eigenvalue weighted by molar-refractivity contribution is 14.0. The minimum atomic E-state index is -0.148. The standard InChI is InChI=1S/C24H32N4O3.HI/c1-18(19-6-3-2-4-7-19)28-24(10-14-29-15-11-24)17-26-23(25)27-20-8-9-21-22(16-20)31-13-5-12-30-21;/h2-4,6-9,16,18,28H,5,10-15,17H2,1H3,(H3,25,26,27);1H. The number of nitrogens with zero attached hydrogens (tertiary/aromatic N) is 1. The molecular formula is C24H33IN4O3. The second-order valence-electron chi connectivity index (χ2n) is 8.21. The van der Waals surface area contributed by atoms with E-state index in [9.17, 15) is 0 Å². The molecule has 174 valence electrons. The van der Waals surface area contributed by atoms with Gasteiger partial charge < -0.3 is 30.6 Å². The Morgan fingerprint density at radius 3 is 2.50 bits per heavy atom. The molecule has 1 unspecified atom stereocenters. The van der Waals surface area contributed by atoms with E-state index in [1.54, 1.807) is 0 Å². The van der Waals surface area contributed by atoms with E-state index in [-0.39, 0.29) is 35.6 Å². The summed E-state index contributed by atoms with van der Waals surface area (Å²) in [4.78, 5) is 4.69. The monoisotopic (exact) mass is 552 g/mol. The predicted molar refractivity (Wildman–Crippen MR) is 138 cm³/mol. The molecule has 32 heavy (non-hydrogen) atoms. The fourth-order valence-electron chi connectivity index (χ4n) is 4.06. The first kappa shape index (κ1) is 24.6. The number of rotatable bonds is 6. The third-order valence-corrected chi connectivity index (χ3v) is 5.84. The van der Waals surface area contributed by atoms with Crippen LogP contribution in [0.5, 0.6) is 11.5 Å². The Morgan fingerprint density at radius 1 is 1.03 bits per heavy atom. The molecule has 1 saturated heterocycles. The molecule has 1 atom stereocenters. The van der Waals surface area contributed by atoms with Crippen LogP contribution < -0.4 is 25.8 Å². The fourth-order valence-corrected chi connectivity index (χ4v) is 4.06. The molecule has 4 rings (SSSR count). The zero-order chi connectivity index (χ0) is 21.5. The summed E-state index contributed by atoms with van der Waals surface area (Å²) in [6.07, 6.45) is 2.66. The number of aliphatic imine (C=N–C) groups is 1. The van der Waals surface area contributed by atoms with Crippen molar-refractivity contribution in [3.05, 3.63) is 54.1 Å². The van der Waals surface area contributed by atoms with Gasteiger partial charge in [0.25, 0.3) is 0 Å². The quantitative estimate of drug-likeness (QED) is 0.284. The Kier molecular flexibility index (Phi) is 9.01. The van der Waals surface area contributed by atoms with Gasteiger partial charge in [-0.15, -0.1) is 24.0 Å². The molecule has 0 amide bonds. The maximum atomic E-state index is 6.24. The summed E-state index contributed by atoms with van der Waals surface area (Å²) in [7, 11) is 0. The minimum absolute atomic E-state index is 0. The summed E-state index contributed by atoms with van der Waals surface area (Å²) < 4.78 is 17.1. The lowest BCUT2D eigenvalue weighted by molar-refractivity contribution is 0.0375. The van der Waals surface area contributed by atoms with Crippen LogP contribution in [0, 0.1) is 0 Å². The van der Waals surface area contributed by atoms with Gasteiger partial charge >= 0.3 is 0 Å². The van der Waals surface area contributed by atoms with Crippen molar-refractivity contribution in [1.82, 2.24) is 5.32 Å². The zero-order valence-corrected chi connectivity index (χ0v) is 20.8. The van der Waals surface area contributed by atoms with E-state index in [0.717, 1.165) is 49.7 Å². The Morgan fingerprint density at radius 2 is 1.75 bits per heavy atom. The molecule has 0 radical (unpaired) electrons. The van der Waals surface area contributed by atoms with Crippen molar-refractivity contribution in [3.63, 3.8) is 0 Å². The molecule has 8 heteroatoms. The number of hydrogen-bond acceptors (Lipinski definition) is 5. The molecular weight excluding hydrogens is 519 g/mol. The number of anilines is 1. The van der Waals surface area contributed by atoms with Crippen molar-refractivity contribution in [1.29, 1.82) is 0 Å². The van der Waals surface area contributed by atoms with Gasteiger partial charge in [-0.1, -0.05) is 30.3 Å². The Bertz CT molecular complexity index is 888. The Balaban J connectivity index is 0.00000289.